The molecule has 2 aromatic rings. The van der Waals surface area contributed by atoms with Crippen LogP contribution in [-0.4, -0.2) is 10.7 Å². The molecule has 33 heavy (non-hydrogen) atoms. The smallest absolute Gasteiger partial charge is 0.269 e. The fourth-order valence-corrected chi connectivity index (χ4v) is 6.07. The van der Waals surface area contributed by atoms with E-state index in [0.29, 0.717) is 36.3 Å². The van der Waals surface area contributed by atoms with Crippen molar-refractivity contribution in [1.82, 2.24) is 0 Å². The standard InChI is InChI=1S/C23H17I2N3O5/c24-16-8-13(20-15(10-26)23(27)33-19-3-1-2-18(29)21(19)20)9-17(25)22(16)32-11-12-4-6-14(7-5-12)28(30)31/h4-9,20H,1-3,11,27H2/t20-/m1/s1. The topological polar surface area (TPSA) is 128 Å². The Morgan fingerprint density at radius 2 is 1.88 bits per heavy atom. The van der Waals surface area contributed by atoms with Crippen molar-refractivity contribution in [2.45, 2.75) is 31.8 Å². The van der Waals surface area contributed by atoms with Gasteiger partial charge in [-0.2, -0.15) is 5.26 Å². The van der Waals surface area contributed by atoms with E-state index in [-0.39, 0.29) is 29.5 Å². The average Bonchev–Trinajstić information content (AvgIpc) is 2.78. The molecular formula is C23H17I2N3O5. The first kappa shape index (κ1) is 23.5. The van der Waals surface area contributed by atoms with E-state index in [0.717, 1.165) is 18.3 Å². The molecule has 0 saturated heterocycles. The summed E-state index contributed by atoms with van der Waals surface area (Å²) in [5.74, 6) is 0.656. The third kappa shape index (κ3) is 4.70. The Morgan fingerprint density at radius 1 is 1.21 bits per heavy atom. The molecule has 168 valence electrons. The van der Waals surface area contributed by atoms with Gasteiger partial charge in [-0.1, -0.05) is 0 Å². The maximum Gasteiger partial charge on any atom is 0.269 e. The van der Waals surface area contributed by atoms with Gasteiger partial charge < -0.3 is 15.2 Å². The Bertz CT molecular complexity index is 1240. The molecule has 2 aliphatic rings. The second kappa shape index (κ2) is 9.68. The van der Waals surface area contributed by atoms with Crippen molar-refractivity contribution in [2.24, 2.45) is 5.73 Å². The van der Waals surface area contributed by atoms with Crippen molar-refractivity contribution in [1.29, 1.82) is 5.26 Å². The third-order valence-corrected chi connectivity index (χ3v) is 7.09. The van der Waals surface area contributed by atoms with Crippen LogP contribution in [0.1, 0.15) is 36.3 Å². The van der Waals surface area contributed by atoms with Gasteiger partial charge in [0, 0.05) is 30.5 Å². The van der Waals surface area contributed by atoms with Gasteiger partial charge in [0.25, 0.3) is 5.69 Å². The van der Waals surface area contributed by atoms with E-state index in [4.69, 9.17) is 15.2 Å². The first-order chi connectivity index (χ1) is 15.8. The number of nitro groups is 1. The average molecular weight is 669 g/mol. The van der Waals surface area contributed by atoms with E-state index in [9.17, 15) is 20.2 Å². The van der Waals surface area contributed by atoms with Gasteiger partial charge in [0.2, 0.25) is 5.88 Å². The number of ketones is 1. The molecule has 4 rings (SSSR count). The molecular weight excluding hydrogens is 652 g/mol. The molecule has 0 spiro atoms. The van der Waals surface area contributed by atoms with Gasteiger partial charge in [-0.05, 0) is 87.0 Å². The van der Waals surface area contributed by atoms with Crippen LogP contribution in [0.4, 0.5) is 5.69 Å². The highest BCUT2D eigenvalue weighted by Gasteiger charge is 2.38. The zero-order valence-corrected chi connectivity index (χ0v) is 21.5. The number of nitro benzene ring substituents is 1. The van der Waals surface area contributed by atoms with E-state index in [1.165, 1.54) is 12.1 Å². The van der Waals surface area contributed by atoms with Gasteiger partial charge in [0.15, 0.2) is 5.78 Å². The Kier molecular flexibility index (Phi) is 6.89. The van der Waals surface area contributed by atoms with Crippen molar-refractivity contribution >= 4 is 56.7 Å². The van der Waals surface area contributed by atoms with Crippen molar-refractivity contribution in [3.8, 4) is 11.8 Å². The van der Waals surface area contributed by atoms with Crippen LogP contribution in [0.5, 0.6) is 5.75 Å². The zero-order chi connectivity index (χ0) is 23.7. The number of benzene rings is 2. The molecule has 1 heterocycles. The second-order valence-electron chi connectivity index (χ2n) is 7.56. The number of carbonyl (C=O) groups excluding carboxylic acids is 1. The number of Topliss-reactive ketones (excluding diaryl/α,β-unsaturated/α-hetero) is 1. The van der Waals surface area contributed by atoms with Gasteiger partial charge >= 0.3 is 0 Å². The van der Waals surface area contributed by atoms with Crippen LogP contribution in [-0.2, 0) is 16.1 Å². The number of nitrogens with zero attached hydrogens (tertiary/aromatic N) is 2. The Hall–Kier alpha value is -2.66. The number of hydrogen-bond donors (Lipinski definition) is 1. The normalized spacial score (nSPS) is 17.8. The third-order valence-electron chi connectivity index (χ3n) is 5.49. The number of carbonyl (C=O) groups is 1. The summed E-state index contributed by atoms with van der Waals surface area (Å²) in [7, 11) is 0. The summed E-state index contributed by atoms with van der Waals surface area (Å²) in [6.45, 7) is 0.241. The van der Waals surface area contributed by atoms with Crippen LogP contribution in [0.25, 0.3) is 0 Å². The molecule has 10 heteroatoms. The maximum atomic E-state index is 12.8. The fraction of sp³-hybridized carbons (Fsp3) is 0.217. The van der Waals surface area contributed by atoms with Gasteiger partial charge in [0.05, 0.1) is 18.0 Å². The lowest BCUT2D eigenvalue weighted by molar-refractivity contribution is -0.384. The summed E-state index contributed by atoms with van der Waals surface area (Å²) in [6.07, 6.45) is 1.73. The van der Waals surface area contributed by atoms with Crippen molar-refractivity contribution in [3.63, 3.8) is 0 Å². The summed E-state index contributed by atoms with van der Waals surface area (Å²) in [5, 5.41) is 20.6. The first-order valence-electron chi connectivity index (χ1n) is 9.99. The molecule has 8 nitrogen and oxygen atoms in total. The highest BCUT2D eigenvalue weighted by atomic mass is 127. The van der Waals surface area contributed by atoms with Gasteiger partial charge in [-0.25, -0.2) is 0 Å². The molecule has 0 unspecified atom stereocenters. The Balaban J connectivity index is 1.65. The van der Waals surface area contributed by atoms with Gasteiger partial charge in [-0.3, -0.25) is 14.9 Å². The van der Waals surface area contributed by atoms with Gasteiger partial charge in [0.1, 0.15) is 29.8 Å². The number of nitriles is 1. The lowest BCUT2D eigenvalue weighted by Gasteiger charge is -2.31. The number of halogens is 2. The lowest BCUT2D eigenvalue weighted by Crippen LogP contribution is -2.27. The SMILES string of the molecule is N#CC1=C(N)OC2=C(C(=O)CCC2)[C@@H]1c1cc(I)c(OCc2ccc([N+](=O)[O-])cc2)c(I)c1. The van der Waals surface area contributed by atoms with E-state index >= 15 is 0 Å². The molecule has 1 atom stereocenters. The monoisotopic (exact) mass is 669 g/mol. The summed E-state index contributed by atoms with van der Waals surface area (Å²) >= 11 is 4.32. The van der Waals surface area contributed by atoms with Gasteiger partial charge in [-0.15, -0.1) is 0 Å². The molecule has 1 aliphatic carbocycles. The van der Waals surface area contributed by atoms with Crippen LogP contribution in [0, 0.1) is 28.6 Å². The molecule has 0 saturated carbocycles. The minimum absolute atomic E-state index is 0.0231. The van der Waals surface area contributed by atoms with Crippen molar-refractivity contribution < 1.29 is 19.2 Å². The number of non-ortho nitro benzene ring substituents is 1. The molecule has 0 amide bonds. The van der Waals surface area contributed by atoms with E-state index in [1.54, 1.807) is 12.1 Å². The zero-order valence-electron chi connectivity index (χ0n) is 17.1. The first-order valence-corrected chi connectivity index (χ1v) is 12.1. The molecule has 2 aromatic carbocycles. The highest BCUT2D eigenvalue weighted by Crippen LogP contribution is 2.45. The molecule has 0 radical (unpaired) electrons. The Labute approximate surface area is 216 Å². The second-order valence-corrected chi connectivity index (χ2v) is 9.89. The Morgan fingerprint density at radius 3 is 2.48 bits per heavy atom. The summed E-state index contributed by atoms with van der Waals surface area (Å²) in [5.41, 5.74) is 8.38. The predicted molar refractivity (Wildman–Crippen MR) is 136 cm³/mol. The van der Waals surface area contributed by atoms with Crippen molar-refractivity contribution in [3.05, 3.63) is 87.6 Å². The molecule has 2 N–H and O–H groups in total. The van der Waals surface area contributed by atoms with Crippen molar-refractivity contribution in [2.75, 3.05) is 0 Å². The molecule has 1 aliphatic heterocycles. The minimum Gasteiger partial charge on any atom is -0.487 e. The molecule has 0 aromatic heterocycles. The van der Waals surface area contributed by atoms with Crippen LogP contribution >= 0.6 is 45.2 Å². The van der Waals surface area contributed by atoms with Crippen LogP contribution in [0.15, 0.2) is 59.2 Å². The summed E-state index contributed by atoms with van der Waals surface area (Å²) in [6, 6.07) is 12.1. The van der Waals surface area contributed by atoms with E-state index in [2.05, 4.69) is 51.3 Å². The predicted octanol–water partition coefficient (Wildman–Crippen LogP) is 5.20. The van der Waals surface area contributed by atoms with Crippen LogP contribution in [0.2, 0.25) is 0 Å². The summed E-state index contributed by atoms with van der Waals surface area (Å²) < 4.78 is 13.3. The maximum absolute atomic E-state index is 12.8. The highest BCUT2D eigenvalue weighted by molar-refractivity contribution is 14.1. The van der Waals surface area contributed by atoms with Crippen LogP contribution in [0.3, 0.4) is 0 Å². The molecule has 0 bridgehead atoms. The van der Waals surface area contributed by atoms with E-state index < -0.39 is 10.8 Å². The summed E-state index contributed by atoms with van der Waals surface area (Å²) in [4.78, 5) is 23.1. The molecule has 0 fully saturated rings. The quantitative estimate of drug-likeness (QED) is 0.264. The largest absolute Gasteiger partial charge is 0.487 e. The number of ether oxygens (including phenoxy) is 2. The fourth-order valence-electron chi connectivity index (χ4n) is 3.94. The lowest BCUT2D eigenvalue weighted by atomic mass is 9.77. The number of rotatable bonds is 5. The number of nitrogens with two attached hydrogens (primary N) is 1. The number of hydrogen-bond acceptors (Lipinski definition) is 7. The van der Waals surface area contributed by atoms with Crippen LogP contribution < -0.4 is 10.5 Å². The van der Waals surface area contributed by atoms with E-state index in [1.807, 2.05) is 12.1 Å². The minimum atomic E-state index is -0.572. The number of allylic oxidation sites excluding steroid dienone is 3.